The van der Waals surface area contributed by atoms with E-state index >= 15 is 0 Å². The summed E-state index contributed by atoms with van der Waals surface area (Å²) in [6.45, 7) is 0. The minimum Gasteiger partial charge on any atom is -0.548 e. The average molecular weight is 299 g/mol. The van der Waals surface area contributed by atoms with Crippen molar-refractivity contribution >= 4 is 29.5 Å². The van der Waals surface area contributed by atoms with Crippen molar-refractivity contribution < 1.29 is 61.3 Å². The first-order valence-corrected chi connectivity index (χ1v) is 8.16. The molecule has 2 nitrogen and oxygen atoms in total. The van der Waals surface area contributed by atoms with E-state index in [1.807, 2.05) is 0 Å². The Balaban J connectivity index is 0.00000144. The molecule has 0 aromatic rings. The van der Waals surface area contributed by atoms with E-state index < -0.39 is 5.97 Å². The number of carboxylic acids is 1. The summed E-state index contributed by atoms with van der Waals surface area (Å²) in [5.41, 5.74) is 0. The SMILES string of the molecule is O=C([O-])C(SC1CCCC1)SC1CCCC1.[K+]. The van der Waals surface area contributed by atoms with Crippen LogP contribution in [0.15, 0.2) is 0 Å². The van der Waals surface area contributed by atoms with E-state index in [-0.39, 0.29) is 56.0 Å². The van der Waals surface area contributed by atoms with E-state index in [1.165, 1.54) is 51.4 Å². The summed E-state index contributed by atoms with van der Waals surface area (Å²) in [5, 5.41) is 12.3. The van der Waals surface area contributed by atoms with Crippen LogP contribution in [0.4, 0.5) is 0 Å². The number of hydrogen-bond acceptors (Lipinski definition) is 4. The van der Waals surface area contributed by atoms with Crippen LogP contribution in [0.25, 0.3) is 0 Å². The molecule has 2 aliphatic carbocycles. The monoisotopic (exact) mass is 298 g/mol. The van der Waals surface area contributed by atoms with Crippen molar-refractivity contribution in [3.63, 3.8) is 0 Å². The number of rotatable bonds is 5. The van der Waals surface area contributed by atoms with Gasteiger partial charge in [-0.25, -0.2) is 0 Å². The van der Waals surface area contributed by atoms with E-state index in [1.54, 1.807) is 23.5 Å². The predicted molar refractivity (Wildman–Crippen MR) is 68.5 cm³/mol. The maximum Gasteiger partial charge on any atom is 1.00 e. The molecular formula is C12H19KO2S2. The van der Waals surface area contributed by atoms with Gasteiger partial charge < -0.3 is 9.90 Å². The van der Waals surface area contributed by atoms with Gasteiger partial charge in [-0.15, -0.1) is 23.5 Å². The summed E-state index contributed by atoms with van der Waals surface area (Å²) in [7, 11) is 0. The van der Waals surface area contributed by atoms with Gasteiger partial charge in [-0.1, -0.05) is 25.7 Å². The van der Waals surface area contributed by atoms with Crippen molar-refractivity contribution in [3.05, 3.63) is 0 Å². The van der Waals surface area contributed by atoms with Crippen LogP contribution in [0.5, 0.6) is 0 Å². The fourth-order valence-corrected chi connectivity index (χ4v) is 5.87. The van der Waals surface area contributed by atoms with Crippen LogP contribution in [0.2, 0.25) is 0 Å². The Morgan fingerprint density at radius 1 is 0.941 bits per heavy atom. The molecule has 0 heterocycles. The molecule has 0 saturated heterocycles. The Morgan fingerprint density at radius 2 is 1.29 bits per heavy atom. The van der Waals surface area contributed by atoms with Gasteiger partial charge in [0.15, 0.2) is 0 Å². The smallest absolute Gasteiger partial charge is 0.548 e. The van der Waals surface area contributed by atoms with Crippen molar-refractivity contribution in [2.24, 2.45) is 0 Å². The van der Waals surface area contributed by atoms with Crippen molar-refractivity contribution in [1.29, 1.82) is 0 Å². The molecule has 2 saturated carbocycles. The molecule has 2 fully saturated rings. The van der Waals surface area contributed by atoms with Crippen molar-refractivity contribution in [3.8, 4) is 0 Å². The number of aliphatic carboxylic acids is 1. The second kappa shape index (κ2) is 8.87. The van der Waals surface area contributed by atoms with E-state index in [0.717, 1.165) is 0 Å². The number of hydrogen-bond donors (Lipinski definition) is 0. The molecule has 0 bridgehead atoms. The number of carbonyl (C=O) groups is 1. The fourth-order valence-electron chi connectivity index (χ4n) is 2.54. The topological polar surface area (TPSA) is 40.1 Å². The number of carboxylic acid groups (broad SMARTS) is 1. The third-order valence-corrected chi connectivity index (χ3v) is 6.69. The van der Waals surface area contributed by atoms with E-state index in [4.69, 9.17) is 0 Å². The Labute approximate surface area is 155 Å². The van der Waals surface area contributed by atoms with Crippen LogP contribution in [-0.4, -0.2) is 21.1 Å². The molecule has 0 spiro atoms. The zero-order valence-electron chi connectivity index (χ0n) is 10.5. The van der Waals surface area contributed by atoms with Crippen LogP contribution in [0.1, 0.15) is 51.4 Å². The van der Waals surface area contributed by atoms with Gasteiger partial charge in [-0.05, 0) is 25.7 Å². The maximum absolute atomic E-state index is 11.1. The van der Waals surface area contributed by atoms with Crippen molar-refractivity contribution in [2.45, 2.75) is 66.4 Å². The number of carbonyl (C=O) groups excluding carboxylic acids is 1. The molecule has 0 aromatic heterocycles. The van der Waals surface area contributed by atoms with Gasteiger partial charge in [0.1, 0.15) is 0 Å². The normalized spacial score (nSPS) is 21.9. The Kier molecular flexibility index (Phi) is 8.80. The Hall–Kier alpha value is 1.81. The van der Waals surface area contributed by atoms with E-state index in [0.29, 0.717) is 10.5 Å². The third kappa shape index (κ3) is 5.75. The van der Waals surface area contributed by atoms with Gasteiger partial charge in [0.05, 0.1) is 10.6 Å². The summed E-state index contributed by atoms with van der Waals surface area (Å²) in [5.74, 6) is -0.867. The molecule has 0 amide bonds. The standard InChI is InChI=1S/C12H20O2S2.K/c13-11(14)12(15-9-5-1-2-6-9)16-10-7-3-4-8-10;/h9-10,12H,1-8H2,(H,13,14);/q;+1/p-1. The maximum atomic E-state index is 11.1. The van der Waals surface area contributed by atoms with Gasteiger partial charge >= 0.3 is 51.4 Å². The molecule has 2 aliphatic rings. The summed E-state index contributed by atoms with van der Waals surface area (Å²) in [4.78, 5) is 11.1. The Morgan fingerprint density at radius 3 is 1.59 bits per heavy atom. The first-order chi connectivity index (χ1) is 7.75. The van der Waals surface area contributed by atoms with E-state index in [9.17, 15) is 9.90 Å². The summed E-state index contributed by atoms with van der Waals surface area (Å²) < 4.78 is -0.328. The first kappa shape index (κ1) is 16.9. The largest absolute Gasteiger partial charge is 1.00 e. The molecule has 92 valence electrons. The van der Waals surface area contributed by atoms with Gasteiger partial charge in [-0.2, -0.15) is 0 Å². The van der Waals surface area contributed by atoms with Gasteiger partial charge in [-0.3, -0.25) is 0 Å². The van der Waals surface area contributed by atoms with Crippen LogP contribution >= 0.6 is 23.5 Å². The van der Waals surface area contributed by atoms with Gasteiger partial charge in [0, 0.05) is 10.5 Å². The molecular weight excluding hydrogens is 279 g/mol. The zero-order chi connectivity index (χ0) is 11.4. The molecule has 5 heteroatoms. The molecule has 0 atom stereocenters. The Bertz CT molecular complexity index is 221. The number of thioether (sulfide) groups is 2. The van der Waals surface area contributed by atoms with Crippen molar-refractivity contribution in [1.82, 2.24) is 0 Å². The van der Waals surface area contributed by atoms with Gasteiger partial charge in [0.2, 0.25) is 0 Å². The molecule has 0 unspecified atom stereocenters. The van der Waals surface area contributed by atoms with Crippen LogP contribution in [-0.2, 0) is 4.79 Å². The predicted octanol–water partition coefficient (Wildman–Crippen LogP) is -0.582. The average Bonchev–Trinajstić information content (AvgIpc) is 2.88. The quantitative estimate of drug-likeness (QED) is 0.503. The summed E-state index contributed by atoms with van der Waals surface area (Å²) in [6, 6.07) is 0. The van der Waals surface area contributed by atoms with E-state index in [2.05, 4.69) is 0 Å². The zero-order valence-corrected chi connectivity index (χ0v) is 15.3. The summed E-state index contributed by atoms with van der Waals surface area (Å²) >= 11 is 3.30. The van der Waals surface area contributed by atoms with Gasteiger partial charge in [0.25, 0.3) is 0 Å². The summed E-state index contributed by atoms with van der Waals surface area (Å²) in [6.07, 6.45) is 9.85. The fraction of sp³-hybridized carbons (Fsp3) is 0.917. The minimum absolute atomic E-state index is 0. The van der Waals surface area contributed by atoms with Crippen LogP contribution < -0.4 is 56.5 Å². The third-order valence-electron chi connectivity index (χ3n) is 3.43. The molecule has 0 aliphatic heterocycles. The molecule has 0 radical (unpaired) electrons. The molecule has 0 aromatic carbocycles. The molecule has 17 heavy (non-hydrogen) atoms. The minimum atomic E-state index is -0.867. The van der Waals surface area contributed by atoms with Crippen molar-refractivity contribution in [2.75, 3.05) is 0 Å². The molecule has 0 N–H and O–H groups in total. The molecule has 2 rings (SSSR count). The van der Waals surface area contributed by atoms with Crippen LogP contribution in [0, 0.1) is 0 Å². The van der Waals surface area contributed by atoms with Crippen LogP contribution in [0.3, 0.4) is 0 Å². The second-order valence-electron chi connectivity index (χ2n) is 4.74. The second-order valence-corrected chi connectivity index (χ2v) is 7.85. The first-order valence-electron chi connectivity index (χ1n) is 6.27.